The van der Waals surface area contributed by atoms with Crippen LogP contribution in [0.15, 0.2) is 18.5 Å². The van der Waals surface area contributed by atoms with Gasteiger partial charge in [-0.05, 0) is 51.9 Å². The van der Waals surface area contributed by atoms with Gasteiger partial charge >= 0.3 is 0 Å². The van der Waals surface area contributed by atoms with Crippen molar-refractivity contribution in [2.75, 3.05) is 27.2 Å². The monoisotopic (exact) mass is 427 g/mol. The second-order valence-electron chi connectivity index (χ2n) is 9.02. The van der Waals surface area contributed by atoms with Gasteiger partial charge in [-0.3, -0.25) is 4.98 Å². The number of likely N-dealkylation sites (tertiary alicyclic amines) is 1. The molecule has 5 heterocycles. The number of rotatable bonds is 4. The third-order valence-electron chi connectivity index (χ3n) is 6.90. The van der Waals surface area contributed by atoms with Crippen molar-refractivity contribution >= 4 is 21.9 Å². The van der Waals surface area contributed by atoms with E-state index < -0.39 is 0 Å². The van der Waals surface area contributed by atoms with Crippen LogP contribution in [0.2, 0.25) is 0 Å². The maximum absolute atomic E-state index is 9.79. The first-order valence-electron chi connectivity index (χ1n) is 11.2. The van der Waals surface area contributed by atoms with Crippen molar-refractivity contribution in [1.29, 1.82) is 5.26 Å². The van der Waals surface area contributed by atoms with Crippen molar-refractivity contribution < 1.29 is 4.74 Å². The minimum Gasteiger partial charge on any atom is -0.480 e. The smallest absolute Gasteiger partial charge is 0.226 e. The standard InChI is InChI=1S/C24H25N7O/c1-31-7-5-13(6-8-31)17-9-18-19(12-26-17)29-23(28-18)20-22-16(11-27-24(20)32-2)15(10-25)21(30-22)14-3-4-14/h9,11-14,30H,3-8H2,1-2H3,(H,28,29). The Kier molecular flexibility index (Phi) is 4.40. The summed E-state index contributed by atoms with van der Waals surface area (Å²) in [4.78, 5) is 23.4. The van der Waals surface area contributed by atoms with Crippen LogP contribution in [-0.4, -0.2) is 57.1 Å². The summed E-state index contributed by atoms with van der Waals surface area (Å²) in [5.41, 5.74) is 6.16. The summed E-state index contributed by atoms with van der Waals surface area (Å²) in [5, 5.41) is 10.6. The van der Waals surface area contributed by atoms with Crippen molar-refractivity contribution in [3.63, 3.8) is 0 Å². The van der Waals surface area contributed by atoms with E-state index in [4.69, 9.17) is 14.7 Å². The highest BCUT2D eigenvalue weighted by molar-refractivity contribution is 5.99. The highest BCUT2D eigenvalue weighted by Gasteiger charge is 2.31. The van der Waals surface area contributed by atoms with Crippen molar-refractivity contribution in [2.24, 2.45) is 0 Å². The Hall–Kier alpha value is -3.44. The van der Waals surface area contributed by atoms with Gasteiger partial charge in [-0.15, -0.1) is 0 Å². The number of fused-ring (bicyclic) bond motifs is 2. The number of imidazole rings is 1. The van der Waals surface area contributed by atoms with E-state index >= 15 is 0 Å². The van der Waals surface area contributed by atoms with Crippen LogP contribution >= 0.6 is 0 Å². The van der Waals surface area contributed by atoms with Crippen LogP contribution in [0.5, 0.6) is 5.88 Å². The first kappa shape index (κ1) is 19.3. The summed E-state index contributed by atoms with van der Waals surface area (Å²) in [6.45, 7) is 2.19. The molecule has 4 aromatic heterocycles. The van der Waals surface area contributed by atoms with Gasteiger partial charge in [0.15, 0.2) is 0 Å². The lowest BCUT2D eigenvalue weighted by molar-refractivity contribution is 0.253. The molecule has 1 aliphatic heterocycles. The Morgan fingerprint density at radius 3 is 2.62 bits per heavy atom. The van der Waals surface area contributed by atoms with Gasteiger partial charge < -0.3 is 19.6 Å². The fourth-order valence-corrected chi connectivity index (χ4v) is 4.90. The Bertz CT molecular complexity index is 1370. The number of hydrogen-bond donors (Lipinski definition) is 2. The lowest BCUT2D eigenvalue weighted by atomic mass is 9.93. The molecule has 6 rings (SSSR count). The van der Waals surface area contributed by atoms with Gasteiger partial charge in [-0.2, -0.15) is 5.26 Å². The second kappa shape index (κ2) is 7.31. The Morgan fingerprint density at radius 2 is 1.91 bits per heavy atom. The molecule has 2 N–H and O–H groups in total. The normalized spacial score (nSPS) is 17.8. The minimum atomic E-state index is 0.424. The molecule has 8 nitrogen and oxygen atoms in total. The zero-order valence-corrected chi connectivity index (χ0v) is 18.3. The molecule has 0 spiro atoms. The number of piperidine rings is 1. The van der Waals surface area contributed by atoms with Crippen LogP contribution in [-0.2, 0) is 0 Å². The van der Waals surface area contributed by atoms with E-state index in [0.717, 1.165) is 77.7 Å². The van der Waals surface area contributed by atoms with Gasteiger partial charge in [-0.25, -0.2) is 9.97 Å². The summed E-state index contributed by atoms with van der Waals surface area (Å²) >= 11 is 0. The molecule has 0 aromatic carbocycles. The highest BCUT2D eigenvalue weighted by atomic mass is 16.5. The van der Waals surface area contributed by atoms with Gasteiger partial charge in [0, 0.05) is 34.8 Å². The van der Waals surface area contributed by atoms with E-state index in [2.05, 4.69) is 39.0 Å². The number of H-pyrrole nitrogens is 2. The van der Waals surface area contributed by atoms with E-state index in [1.165, 1.54) is 0 Å². The number of methoxy groups -OCH3 is 1. The minimum absolute atomic E-state index is 0.424. The van der Waals surface area contributed by atoms with Gasteiger partial charge in [0.2, 0.25) is 5.88 Å². The van der Waals surface area contributed by atoms with Gasteiger partial charge in [0.1, 0.15) is 17.5 Å². The largest absolute Gasteiger partial charge is 0.480 e. The van der Waals surface area contributed by atoms with E-state index in [1.807, 2.05) is 6.20 Å². The first-order chi connectivity index (χ1) is 15.7. The molecule has 1 saturated carbocycles. The fourth-order valence-electron chi connectivity index (χ4n) is 4.90. The highest BCUT2D eigenvalue weighted by Crippen LogP contribution is 2.45. The van der Waals surface area contributed by atoms with Gasteiger partial charge in [-0.1, -0.05) is 0 Å². The number of nitriles is 1. The quantitative estimate of drug-likeness (QED) is 0.508. The zero-order valence-electron chi connectivity index (χ0n) is 18.3. The molecule has 162 valence electrons. The van der Waals surface area contributed by atoms with Crippen LogP contribution < -0.4 is 4.74 Å². The van der Waals surface area contributed by atoms with Crippen molar-refractivity contribution in [3.05, 3.63) is 35.4 Å². The molecule has 32 heavy (non-hydrogen) atoms. The Morgan fingerprint density at radius 1 is 1.09 bits per heavy atom. The molecule has 0 bridgehead atoms. The SMILES string of the molecule is COc1ncc2c(C#N)c(C3CC3)[nH]c2c1-c1nc2cc(C3CCN(C)CC3)ncc2[nH]1. The third kappa shape index (κ3) is 3.04. The molecule has 0 amide bonds. The van der Waals surface area contributed by atoms with Crippen LogP contribution in [0.3, 0.4) is 0 Å². The van der Waals surface area contributed by atoms with E-state index in [0.29, 0.717) is 29.1 Å². The van der Waals surface area contributed by atoms with E-state index in [1.54, 1.807) is 13.3 Å². The first-order valence-corrected chi connectivity index (χ1v) is 11.2. The lowest BCUT2D eigenvalue weighted by Crippen LogP contribution is -2.29. The number of pyridine rings is 2. The van der Waals surface area contributed by atoms with Crippen LogP contribution in [0, 0.1) is 11.3 Å². The van der Waals surface area contributed by atoms with E-state index in [-0.39, 0.29) is 0 Å². The summed E-state index contributed by atoms with van der Waals surface area (Å²) in [6.07, 6.45) is 8.06. The number of nitrogens with zero attached hydrogens (tertiary/aromatic N) is 5. The van der Waals surface area contributed by atoms with E-state index in [9.17, 15) is 5.26 Å². The molecule has 4 aromatic rings. The summed E-state index contributed by atoms with van der Waals surface area (Å²) in [5.74, 6) is 2.05. The number of aromatic nitrogens is 5. The predicted octanol–water partition coefficient (Wildman–Crippen LogP) is 4.07. The Labute approximate surface area is 185 Å². The Balaban J connectivity index is 1.48. The van der Waals surface area contributed by atoms with Crippen molar-refractivity contribution in [2.45, 2.75) is 37.5 Å². The lowest BCUT2D eigenvalue weighted by Gasteiger charge is -2.28. The van der Waals surface area contributed by atoms with Crippen molar-refractivity contribution in [3.8, 4) is 23.3 Å². The van der Waals surface area contributed by atoms with Crippen LogP contribution in [0.25, 0.3) is 33.3 Å². The molecule has 8 heteroatoms. The number of nitrogens with one attached hydrogen (secondary N) is 2. The molecule has 0 radical (unpaired) electrons. The topological polar surface area (TPSA) is 107 Å². The number of ether oxygens (including phenoxy) is 1. The second-order valence-corrected chi connectivity index (χ2v) is 9.02. The average Bonchev–Trinajstić information content (AvgIpc) is 3.46. The molecule has 0 atom stereocenters. The maximum atomic E-state index is 9.79. The molecular weight excluding hydrogens is 402 g/mol. The molecule has 1 aliphatic carbocycles. The third-order valence-corrected chi connectivity index (χ3v) is 6.90. The maximum Gasteiger partial charge on any atom is 0.226 e. The number of hydrogen-bond acceptors (Lipinski definition) is 6. The number of aromatic amines is 2. The van der Waals surface area contributed by atoms with Gasteiger partial charge in [0.05, 0.1) is 35.4 Å². The molecule has 0 unspecified atom stereocenters. The summed E-state index contributed by atoms with van der Waals surface area (Å²) < 4.78 is 5.60. The fraction of sp³-hybridized carbons (Fsp3) is 0.417. The molecule has 2 aliphatic rings. The predicted molar refractivity (Wildman–Crippen MR) is 122 cm³/mol. The van der Waals surface area contributed by atoms with Crippen LogP contribution in [0.1, 0.15) is 54.5 Å². The zero-order chi connectivity index (χ0) is 21.8. The summed E-state index contributed by atoms with van der Waals surface area (Å²) in [7, 11) is 3.78. The van der Waals surface area contributed by atoms with Crippen molar-refractivity contribution in [1.82, 2.24) is 29.8 Å². The van der Waals surface area contributed by atoms with Crippen LogP contribution in [0.4, 0.5) is 0 Å². The molecular formula is C24H25N7O. The van der Waals surface area contributed by atoms with Gasteiger partial charge in [0.25, 0.3) is 0 Å². The summed E-state index contributed by atoms with van der Waals surface area (Å²) in [6, 6.07) is 4.48. The molecule has 1 saturated heterocycles. The molecule has 2 fully saturated rings. The average molecular weight is 428 g/mol.